The van der Waals surface area contributed by atoms with Crippen molar-refractivity contribution in [3.8, 4) is 0 Å². The number of imidazole rings is 1. The number of fused-ring (bicyclic) bond motifs is 1. The standard InChI is InChI=1S/C20H33N5O5Si/c1-11(2)17(27)25-18(28)15-16(23-19(25)21)24(10-22-15)14-8-12(26)13(30-14)9-29-31(6,7)20(3,4)5/h10-14,26H,8-9H2,1-7H3,(H2,21,23)/t12-,13+,14+/m0/s1. The van der Waals surface area contributed by atoms with Gasteiger partial charge in [0.1, 0.15) is 12.3 Å². The van der Waals surface area contributed by atoms with Gasteiger partial charge in [-0.15, -0.1) is 0 Å². The zero-order chi connectivity index (χ0) is 23.3. The number of hydrogen-bond acceptors (Lipinski definition) is 8. The van der Waals surface area contributed by atoms with Gasteiger partial charge in [0.25, 0.3) is 5.56 Å². The molecule has 31 heavy (non-hydrogen) atoms. The number of nitrogen functional groups attached to an aromatic ring is 1. The molecule has 0 bridgehead atoms. The number of aliphatic hydroxyl groups is 1. The Bertz CT molecular complexity index is 1040. The summed E-state index contributed by atoms with van der Waals surface area (Å²) < 4.78 is 14.7. The van der Waals surface area contributed by atoms with Crippen molar-refractivity contribution in [2.75, 3.05) is 12.3 Å². The van der Waals surface area contributed by atoms with Crippen LogP contribution in [0.1, 0.15) is 52.1 Å². The highest BCUT2D eigenvalue weighted by Gasteiger charge is 2.41. The van der Waals surface area contributed by atoms with E-state index >= 15 is 0 Å². The van der Waals surface area contributed by atoms with E-state index in [0.717, 1.165) is 4.57 Å². The van der Waals surface area contributed by atoms with Crippen molar-refractivity contribution in [1.82, 2.24) is 19.1 Å². The molecular weight excluding hydrogens is 418 g/mol. The third-order valence-corrected chi connectivity index (χ3v) is 10.8. The summed E-state index contributed by atoms with van der Waals surface area (Å²) in [5.41, 5.74) is 5.56. The molecule has 0 saturated carbocycles. The molecule has 3 atom stereocenters. The van der Waals surface area contributed by atoms with E-state index in [9.17, 15) is 14.7 Å². The van der Waals surface area contributed by atoms with Gasteiger partial charge in [-0.2, -0.15) is 4.98 Å². The third-order valence-electron chi connectivity index (χ3n) is 6.27. The van der Waals surface area contributed by atoms with Crippen molar-refractivity contribution in [2.45, 2.75) is 77.6 Å². The number of carbonyl (C=O) groups is 1. The molecule has 11 heteroatoms. The summed E-state index contributed by atoms with van der Waals surface area (Å²) in [6, 6.07) is 0. The maximum Gasteiger partial charge on any atom is 0.289 e. The number of hydrogen-bond donors (Lipinski definition) is 2. The van der Waals surface area contributed by atoms with E-state index in [2.05, 4.69) is 43.8 Å². The molecule has 1 aliphatic rings. The van der Waals surface area contributed by atoms with E-state index in [0.29, 0.717) is 6.42 Å². The van der Waals surface area contributed by atoms with Crippen molar-refractivity contribution in [2.24, 2.45) is 5.92 Å². The predicted molar refractivity (Wildman–Crippen MR) is 119 cm³/mol. The van der Waals surface area contributed by atoms with Gasteiger partial charge in [0, 0.05) is 12.3 Å². The molecule has 0 aromatic carbocycles. The zero-order valence-corrected chi connectivity index (χ0v) is 20.2. The predicted octanol–water partition coefficient (Wildman–Crippen LogP) is 2.14. The van der Waals surface area contributed by atoms with Gasteiger partial charge in [-0.3, -0.25) is 14.2 Å². The molecule has 2 aromatic rings. The fourth-order valence-electron chi connectivity index (χ4n) is 3.21. The highest BCUT2D eigenvalue weighted by atomic mass is 28.4. The van der Waals surface area contributed by atoms with Gasteiger partial charge in [0.2, 0.25) is 11.9 Å². The smallest absolute Gasteiger partial charge is 0.289 e. The number of rotatable bonds is 5. The third kappa shape index (κ3) is 4.32. The Hall–Kier alpha value is -2.08. The Kier molecular flexibility index (Phi) is 6.17. The van der Waals surface area contributed by atoms with E-state index in [1.807, 2.05) is 0 Å². The lowest BCUT2D eigenvalue weighted by Crippen LogP contribution is -2.43. The van der Waals surface area contributed by atoms with E-state index in [1.54, 1.807) is 18.4 Å². The molecule has 3 rings (SSSR count). The van der Waals surface area contributed by atoms with Crippen LogP contribution in [0.2, 0.25) is 18.1 Å². The lowest BCUT2D eigenvalue weighted by Gasteiger charge is -2.37. The molecule has 172 valence electrons. The summed E-state index contributed by atoms with van der Waals surface area (Å²) in [4.78, 5) is 33.5. The number of anilines is 1. The Morgan fingerprint density at radius 1 is 1.42 bits per heavy atom. The summed E-state index contributed by atoms with van der Waals surface area (Å²) >= 11 is 0. The Morgan fingerprint density at radius 2 is 2.06 bits per heavy atom. The summed E-state index contributed by atoms with van der Waals surface area (Å²) in [6.45, 7) is 14.4. The molecule has 2 aromatic heterocycles. The van der Waals surface area contributed by atoms with Crippen LogP contribution in [0.25, 0.3) is 11.2 Å². The van der Waals surface area contributed by atoms with Crippen LogP contribution in [0.15, 0.2) is 11.1 Å². The van der Waals surface area contributed by atoms with Crippen LogP contribution < -0.4 is 11.3 Å². The highest BCUT2D eigenvalue weighted by Crippen LogP contribution is 2.38. The summed E-state index contributed by atoms with van der Waals surface area (Å²) in [7, 11) is -1.99. The zero-order valence-electron chi connectivity index (χ0n) is 19.2. The first kappa shape index (κ1) is 23.6. The fourth-order valence-corrected chi connectivity index (χ4v) is 4.22. The lowest BCUT2D eigenvalue weighted by molar-refractivity contribution is -0.0405. The average Bonchev–Trinajstić information content (AvgIpc) is 3.22. The maximum atomic E-state index is 12.8. The average molecular weight is 452 g/mol. The topological polar surface area (TPSA) is 134 Å². The van der Waals surface area contributed by atoms with E-state index < -0.39 is 44.1 Å². The minimum atomic E-state index is -1.99. The summed E-state index contributed by atoms with van der Waals surface area (Å²) in [5.74, 6) is -1.06. The first-order valence-corrected chi connectivity index (χ1v) is 13.4. The van der Waals surface area contributed by atoms with E-state index in [4.69, 9.17) is 14.9 Å². The quantitative estimate of drug-likeness (QED) is 0.660. The van der Waals surface area contributed by atoms with Crippen LogP contribution >= 0.6 is 0 Å². The van der Waals surface area contributed by atoms with Gasteiger partial charge in [0.05, 0.1) is 19.0 Å². The van der Waals surface area contributed by atoms with E-state index in [-0.39, 0.29) is 28.8 Å². The Balaban J connectivity index is 1.85. The molecule has 0 spiro atoms. The van der Waals surface area contributed by atoms with Crippen molar-refractivity contribution in [1.29, 1.82) is 0 Å². The number of aliphatic hydroxyl groups excluding tert-OH is 1. The van der Waals surface area contributed by atoms with Gasteiger partial charge >= 0.3 is 0 Å². The van der Waals surface area contributed by atoms with Crippen LogP contribution in [0.3, 0.4) is 0 Å². The van der Waals surface area contributed by atoms with Crippen LogP contribution in [0, 0.1) is 5.92 Å². The van der Waals surface area contributed by atoms with Gasteiger partial charge in [0.15, 0.2) is 19.5 Å². The molecule has 10 nitrogen and oxygen atoms in total. The molecule has 0 amide bonds. The summed E-state index contributed by atoms with van der Waals surface area (Å²) in [6.07, 6.45) is -0.0794. The largest absolute Gasteiger partial charge is 0.414 e. The molecule has 1 aliphatic heterocycles. The number of nitrogens with zero attached hydrogens (tertiary/aromatic N) is 4. The van der Waals surface area contributed by atoms with Crippen LogP contribution in [-0.2, 0) is 9.16 Å². The van der Waals surface area contributed by atoms with Gasteiger partial charge in [-0.25, -0.2) is 9.55 Å². The van der Waals surface area contributed by atoms with Crippen molar-refractivity contribution in [3.05, 3.63) is 16.7 Å². The minimum Gasteiger partial charge on any atom is -0.414 e. The molecule has 0 radical (unpaired) electrons. The number of aromatic nitrogens is 4. The second-order valence-corrected chi connectivity index (χ2v) is 14.7. The van der Waals surface area contributed by atoms with Crippen molar-refractivity contribution < 1.29 is 19.1 Å². The van der Waals surface area contributed by atoms with Crippen LogP contribution in [0.5, 0.6) is 0 Å². The van der Waals surface area contributed by atoms with Gasteiger partial charge < -0.3 is 20.0 Å². The van der Waals surface area contributed by atoms with Gasteiger partial charge in [-0.05, 0) is 18.1 Å². The molecule has 3 heterocycles. The summed E-state index contributed by atoms with van der Waals surface area (Å²) in [5, 5.41) is 10.6. The number of nitrogens with two attached hydrogens (primary N) is 1. The monoisotopic (exact) mass is 451 g/mol. The second kappa shape index (κ2) is 8.12. The van der Waals surface area contributed by atoms with Crippen LogP contribution in [-0.4, -0.2) is 57.2 Å². The number of ether oxygens (including phenoxy) is 1. The maximum absolute atomic E-state index is 12.8. The van der Waals surface area contributed by atoms with Crippen molar-refractivity contribution >= 4 is 31.3 Å². The van der Waals surface area contributed by atoms with Gasteiger partial charge in [-0.1, -0.05) is 34.6 Å². The Morgan fingerprint density at radius 3 is 2.65 bits per heavy atom. The molecule has 0 unspecified atom stereocenters. The van der Waals surface area contributed by atoms with Crippen molar-refractivity contribution in [3.63, 3.8) is 0 Å². The molecule has 1 fully saturated rings. The van der Waals surface area contributed by atoms with Crippen LogP contribution in [0.4, 0.5) is 5.95 Å². The molecule has 0 aliphatic carbocycles. The normalized spacial score (nSPS) is 22.5. The molecule has 3 N–H and O–H groups in total. The van der Waals surface area contributed by atoms with E-state index in [1.165, 1.54) is 6.33 Å². The first-order chi connectivity index (χ1) is 14.2. The minimum absolute atomic E-state index is 0.0299. The molecular formula is C20H33N5O5Si. The SMILES string of the molecule is CC(C)C(=O)n1c(N)nc2c(ncn2[C@H]2C[C@H](O)[C@@H](CO[Si](C)(C)C(C)(C)C)O2)c1=O. The molecule has 1 saturated heterocycles. The Labute approximate surface area is 182 Å². The fraction of sp³-hybridized carbons (Fsp3) is 0.700. The highest BCUT2D eigenvalue weighted by molar-refractivity contribution is 6.74. The number of carbonyl (C=O) groups excluding carboxylic acids is 1. The first-order valence-electron chi connectivity index (χ1n) is 10.5. The second-order valence-electron chi connectivity index (χ2n) is 9.93. The lowest BCUT2D eigenvalue weighted by atomic mass is 10.2.